The van der Waals surface area contributed by atoms with E-state index in [-0.39, 0.29) is 25.7 Å². The van der Waals surface area contributed by atoms with Crippen LogP contribution in [0.4, 0.5) is 0 Å². The number of phosphoric acid groups is 2. The number of carbonyl (C=O) groups excluding carboxylic acids is 4. The first kappa shape index (κ1) is 92.1. The SMILES string of the molecule is CCC(C)CCCCCCCCCCC(=O)O[C@H](COC(=O)CCCCCCCCCCC(C)C)COP(=O)(O)OCC(O)COP(=O)(O)OC[C@@H](COC(=O)CCCCCCCCCCCCCCCCCCCCC(C)C)OC(=O)CCCCCCCCCC(C)C. The highest BCUT2D eigenvalue weighted by molar-refractivity contribution is 7.47. The Labute approximate surface area is 575 Å². The van der Waals surface area contributed by atoms with E-state index in [2.05, 4.69) is 55.4 Å². The van der Waals surface area contributed by atoms with Crippen LogP contribution in [0.1, 0.15) is 376 Å². The number of hydrogen-bond acceptors (Lipinski definition) is 15. The van der Waals surface area contributed by atoms with Crippen LogP contribution in [-0.4, -0.2) is 96.7 Å². The second-order valence-corrected chi connectivity index (χ2v) is 31.6. The molecule has 0 saturated carbocycles. The third kappa shape index (κ3) is 67.3. The summed E-state index contributed by atoms with van der Waals surface area (Å²) in [5.74, 6) is 0.887. The van der Waals surface area contributed by atoms with Gasteiger partial charge in [0.05, 0.1) is 26.4 Å². The Kier molecular flexibility index (Phi) is 63.1. The molecule has 3 N–H and O–H groups in total. The lowest BCUT2D eigenvalue weighted by Crippen LogP contribution is -2.30. The Balaban J connectivity index is 5.15. The average molecular weight is 1380 g/mol. The van der Waals surface area contributed by atoms with Gasteiger partial charge >= 0.3 is 39.5 Å². The standard InChI is InChI=1S/C75H146O17P2/c1-9-68(8)54-46-38-30-23-25-33-41-49-57-74(79)91-70(61-86-73(78)56-48-40-32-24-22-28-36-44-52-66(4)5)63-89-93(81,82)87-59-69(76)60-88-94(83,84)90-64-71(92-75(80)58-50-42-34-26-29-37-45-53-67(6)7)62-85-72(77)55-47-39-31-21-19-17-15-13-11-10-12-14-16-18-20-27-35-43-51-65(2)3/h65-71,76H,9-64H2,1-8H3,(H,81,82)(H,83,84)/t68?,69?,70-,71-/m1/s1. The molecule has 558 valence electrons. The van der Waals surface area contributed by atoms with Crippen molar-refractivity contribution in [1.82, 2.24) is 0 Å². The van der Waals surface area contributed by atoms with Gasteiger partial charge in [-0.25, -0.2) is 9.13 Å². The van der Waals surface area contributed by atoms with Gasteiger partial charge < -0.3 is 33.8 Å². The van der Waals surface area contributed by atoms with Gasteiger partial charge in [0.1, 0.15) is 19.3 Å². The highest BCUT2D eigenvalue weighted by Gasteiger charge is 2.30. The molecule has 0 saturated heterocycles. The van der Waals surface area contributed by atoms with E-state index in [1.807, 2.05) is 0 Å². The lowest BCUT2D eigenvalue weighted by atomic mass is 9.99. The second kappa shape index (κ2) is 64.4. The maximum atomic E-state index is 13.0. The van der Waals surface area contributed by atoms with Crippen molar-refractivity contribution in [2.24, 2.45) is 23.7 Å². The summed E-state index contributed by atoms with van der Waals surface area (Å²) in [5.41, 5.74) is 0. The number of unbranched alkanes of at least 4 members (excludes halogenated alkanes) is 37. The van der Waals surface area contributed by atoms with Crippen molar-refractivity contribution in [3.63, 3.8) is 0 Å². The first-order chi connectivity index (χ1) is 45.1. The van der Waals surface area contributed by atoms with Gasteiger partial charge in [-0.05, 0) is 49.4 Å². The van der Waals surface area contributed by atoms with E-state index in [0.717, 1.165) is 108 Å². The van der Waals surface area contributed by atoms with Crippen LogP contribution in [0.2, 0.25) is 0 Å². The first-order valence-electron chi connectivity index (χ1n) is 38.7. The molecule has 0 bridgehead atoms. The molecule has 0 rings (SSSR count). The predicted molar refractivity (Wildman–Crippen MR) is 381 cm³/mol. The maximum Gasteiger partial charge on any atom is 0.472 e. The molecule has 94 heavy (non-hydrogen) atoms. The zero-order valence-electron chi connectivity index (χ0n) is 61.6. The zero-order valence-corrected chi connectivity index (χ0v) is 63.4. The fourth-order valence-corrected chi connectivity index (χ4v) is 12.9. The van der Waals surface area contributed by atoms with Gasteiger partial charge in [-0.1, -0.05) is 325 Å². The molecule has 0 fully saturated rings. The minimum absolute atomic E-state index is 0.103. The van der Waals surface area contributed by atoms with Crippen molar-refractivity contribution in [2.75, 3.05) is 39.6 Å². The number of ether oxygens (including phenoxy) is 4. The minimum Gasteiger partial charge on any atom is -0.462 e. The molecule has 0 heterocycles. The zero-order chi connectivity index (χ0) is 69.6. The van der Waals surface area contributed by atoms with Gasteiger partial charge in [0.25, 0.3) is 0 Å². The van der Waals surface area contributed by atoms with Crippen LogP contribution in [0.5, 0.6) is 0 Å². The van der Waals surface area contributed by atoms with E-state index < -0.39 is 97.5 Å². The molecule has 4 unspecified atom stereocenters. The number of rotatable bonds is 72. The number of aliphatic hydroxyl groups is 1. The highest BCUT2D eigenvalue weighted by atomic mass is 31.2. The van der Waals surface area contributed by atoms with Gasteiger partial charge in [0, 0.05) is 25.7 Å². The summed E-state index contributed by atoms with van der Waals surface area (Å²) >= 11 is 0. The Morgan fingerprint density at radius 3 is 0.755 bits per heavy atom. The molecule has 0 aromatic rings. The van der Waals surface area contributed by atoms with Crippen LogP contribution in [0.3, 0.4) is 0 Å². The van der Waals surface area contributed by atoms with Gasteiger partial charge in [-0.2, -0.15) is 0 Å². The van der Waals surface area contributed by atoms with Gasteiger partial charge in [0.2, 0.25) is 0 Å². The molecule has 0 spiro atoms. The Hall–Kier alpha value is -1.94. The van der Waals surface area contributed by atoms with Crippen LogP contribution in [0.15, 0.2) is 0 Å². The van der Waals surface area contributed by atoms with E-state index in [4.69, 9.17) is 37.0 Å². The van der Waals surface area contributed by atoms with Crippen molar-refractivity contribution in [2.45, 2.75) is 395 Å². The summed E-state index contributed by atoms with van der Waals surface area (Å²) in [6.45, 7) is 14.1. The molecule has 0 radical (unpaired) electrons. The maximum absolute atomic E-state index is 13.0. The predicted octanol–water partition coefficient (Wildman–Crippen LogP) is 21.7. The fourth-order valence-electron chi connectivity index (χ4n) is 11.3. The Bertz CT molecular complexity index is 1850. The summed E-state index contributed by atoms with van der Waals surface area (Å²) in [6, 6.07) is 0. The van der Waals surface area contributed by atoms with Crippen molar-refractivity contribution < 1.29 is 80.2 Å². The quantitative estimate of drug-likeness (QED) is 0.0222. The lowest BCUT2D eigenvalue weighted by Gasteiger charge is -2.21. The number of carbonyl (C=O) groups is 4. The number of aliphatic hydroxyl groups excluding tert-OH is 1. The Morgan fingerprint density at radius 1 is 0.298 bits per heavy atom. The van der Waals surface area contributed by atoms with Gasteiger partial charge in [-0.3, -0.25) is 37.3 Å². The molecular formula is C75H146O17P2. The summed E-state index contributed by atoms with van der Waals surface area (Å²) in [7, 11) is -9.91. The summed E-state index contributed by atoms with van der Waals surface area (Å²) in [4.78, 5) is 72.7. The van der Waals surface area contributed by atoms with Crippen molar-refractivity contribution >= 4 is 39.5 Å². The van der Waals surface area contributed by atoms with Crippen LogP contribution in [0, 0.1) is 23.7 Å². The van der Waals surface area contributed by atoms with E-state index in [1.165, 1.54) is 180 Å². The van der Waals surface area contributed by atoms with Gasteiger partial charge in [-0.15, -0.1) is 0 Å². The van der Waals surface area contributed by atoms with Gasteiger partial charge in [0.15, 0.2) is 12.2 Å². The molecule has 0 aromatic heterocycles. The molecule has 0 aromatic carbocycles. The normalized spacial score (nSPS) is 14.4. The molecular weight excluding hydrogens is 1230 g/mol. The molecule has 6 atom stereocenters. The van der Waals surface area contributed by atoms with E-state index in [0.29, 0.717) is 31.6 Å². The molecule has 0 aliphatic carbocycles. The van der Waals surface area contributed by atoms with E-state index in [1.54, 1.807) is 0 Å². The summed E-state index contributed by atoms with van der Waals surface area (Å²) < 4.78 is 68.4. The second-order valence-electron chi connectivity index (χ2n) is 28.7. The topological polar surface area (TPSA) is 237 Å². The molecule has 0 aliphatic rings. The first-order valence-corrected chi connectivity index (χ1v) is 41.7. The Morgan fingerprint density at radius 2 is 0.511 bits per heavy atom. The van der Waals surface area contributed by atoms with Crippen molar-refractivity contribution in [3.8, 4) is 0 Å². The van der Waals surface area contributed by atoms with Crippen LogP contribution in [-0.2, 0) is 65.4 Å². The summed E-state index contributed by atoms with van der Waals surface area (Å²) in [5, 5.41) is 10.6. The van der Waals surface area contributed by atoms with Crippen LogP contribution in [0.25, 0.3) is 0 Å². The van der Waals surface area contributed by atoms with Crippen molar-refractivity contribution in [1.29, 1.82) is 0 Å². The number of phosphoric ester groups is 2. The van der Waals surface area contributed by atoms with Crippen LogP contribution >= 0.6 is 15.6 Å². The molecule has 17 nitrogen and oxygen atoms in total. The molecule has 0 aliphatic heterocycles. The number of hydrogen-bond donors (Lipinski definition) is 3. The smallest absolute Gasteiger partial charge is 0.462 e. The minimum atomic E-state index is -4.95. The van der Waals surface area contributed by atoms with E-state index >= 15 is 0 Å². The number of esters is 4. The molecule has 0 amide bonds. The fraction of sp³-hybridized carbons (Fsp3) is 0.947. The third-order valence-electron chi connectivity index (χ3n) is 17.7. The summed E-state index contributed by atoms with van der Waals surface area (Å²) in [6.07, 6.45) is 48.8. The largest absolute Gasteiger partial charge is 0.472 e. The van der Waals surface area contributed by atoms with Crippen molar-refractivity contribution in [3.05, 3.63) is 0 Å². The van der Waals surface area contributed by atoms with E-state index in [9.17, 15) is 43.2 Å². The third-order valence-corrected chi connectivity index (χ3v) is 19.6. The lowest BCUT2D eigenvalue weighted by molar-refractivity contribution is -0.161. The molecule has 19 heteroatoms. The monoisotopic (exact) mass is 1380 g/mol. The average Bonchev–Trinajstić information content (AvgIpc) is 1.97. The van der Waals surface area contributed by atoms with Crippen LogP contribution < -0.4 is 0 Å². The highest BCUT2D eigenvalue weighted by Crippen LogP contribution is 2.45.